The number of nitrogens with zero attached hydrogens (tertiary/aromatic N) is 5. The molecule has 2 aliphatic heterocycles. The molecule has 0 bridgehead atoms. The minimum absolute atomic E-state index is 0.114. The van der Waals surface area contributed by atoms with Crippen LogP contribution in [0.2, 0.25) is 0 Å². The van der Waals surface area contributed by atoms with Gasteiger partial charge in [0.05, 0.1) is 11.0 Å². The van der Waals surface area contributed by atoms with Gasteiger partial charge in [-0.2, -0.15) is 0 Å². The molecule has 0 N–H and O–H groups in total. The molecule has 95 heavy (non-hydrogen) atoms. The van der Waals surface area contributed by atoms with Crippen molar-refractivity contribution in [3.63, 3.8) is 0 Å². The predicted molar refractivity (Wildman–Crippen MR) is 399 cm³/mol. The van der Waals surface area contributed by atoms with Crippen molar-refractivity contribution in [1.29, 1.82) is 0 Å². The normalized spacial score (nSPS) is 12.5. The van der Waals surface area contributed by atoms with Crippen molar-refractivity contribution >= 4 is 66.7 Å². The first-order chi connectivity index (χ1) is 46.4. The van der Waals surface area contributed by atoms with Crippen molar-refractivity contribution in [2.45, 2.75) is 52.4 Å². The third kappa shape index (κ3) is 9.25. The van der Waals surface area contributed by atoms with Crippen molar-refractivity contribution in [3.05, 3.63) is 302 Å². The lowest BCUT2D eigenvalue weighted by atomic mass is 9.34. The number of fused-ring (bicyclic) bond motifs is 10. The summed E-state index contributed by atoms with van der Waals surface area (Å²) in [4.78, 5) is 17.3. The Morgan fingerprint density at radius 3 is 0.853 bits per heavy atom. The Morgan fingerprint density at radius 2 is 0.547 bits per heavy atom. The molecule has 6 heteroatoms. The quantitative estimate of drug-likeness (QED) is 0.135. The molecule has 5 heterocycles. The zero-order valence-electron chi connectivity index (χ0n) is 54.0. The highest BCUT2D eigenvalue weighted by molar-refractivity contribution is 7.00. The SMILES string of the molecule is CC(C)(C)c1ccc2c3c1c1cc(-c4ccccc4)ccc1n3-c1cc(-c3nc(-c4cc(-c5ccccc5)cc(-c5ccccc5)c4)nc(-c4cc(-c5ccccc5)cc(-c5ccccc5)c4)n3)cc3c1B2c1ccc(C(C)(C)C)c2c4cc(-c5ccccc5)ccc4n-3c12. The second-order valence-electron chi connectivity index (χ2n) is 27.9. The highest BCUT2D eigenvalue weighted by Crippen LogP contribution is 2.47. The summed E-state index contributed by atoms with van der Waals surface area (Å²) in [7, 11) is 0. The minimum atomic E-state index is -0.182. The van der Waals surface area contributed by atoms with Crippen LogP contribution in [0.3, 0.4) is 0 Å². The molecule has 2 aliphatic rings. The summed E-state index contributed by atoms with van der Waals surface area (Å²) < 4.78 is 5.23. The maximum Gasteiger partial charge on any atom is 0.252 e. The van der Waals surface area contributed by atoms with Gasteiger partial charge in [0.1, 0.15) is 0 Å². The van der Waals surface area contributed by atoms with E-state index < -0.39 is 0 Å². The number of benzene rings is 13. The van der Waals surface area contributed by atoms with Crippen molar-refractivity contribution in [2.75, 3.05) is 0 Å². The van der Waals surface area contributed by atoms with Crippen molar-refractivity contribution in [1.82, 2.24) is 24.1 Å². The van der Waals surface area contributed by atoms with E-state index in [1.165, 1.54) is 82.3 Å². The van der Waals surface area contributed by atoms with Crippen LogP contribution < -0.4 is 16.4 Å². The Hall–Kier alpha value is -11.5. The molecule has 18 rings (SSSR count). The van der Waals surface area contributed by atoms with Gasteiger partial charge in [-0.25, -0.2) is 15.0 Å². The summed E-state index contributed by atoms with van der Waals surface area (Å²) in [5.74, 6) is 1.75. The molecule has 0 aliphatic carbocycles. The van der Waals surface area contributed by atoms with Crippen LogP contribution in [0.4, 0.5) is 0 Å². The molecule has 0 amide bonds. The Labute approximate surface area is 554 Å². The number of aromatic nitrogens is 5. The lowest BCUT2D eigenvalue weighted by Gasteiger charge is -2.35. The van der Waals surface area contributed by atoms with Crippen LogP contribution in [0, 0.1) is 0 Å². The molecule has 13 aromatic carbocycles. The Morgan fingerprint density at radius 1 is 0.263 bits per heavy atom. The molecular formula is C89H66BN5. The lowest BCUT2D eigenvalue weighted by molar-refractivity contribution is 0.596. The average Bonchev–Trinajstić information content (AvgIpc) is 1.55. The Balaban J connectivity index is 0.983. The van der Waals surface area contributed by atoms with Crippen molar-refractivity contribution in [2.24, 2.45) is 0 Å². The van der Waals surface area contributed by atoms with E-state index in [4.69, 9.17) is 15.0 Å². The van der Waals surface area contributed by atoms with E-state index in [1.807, 2.05) is 0 Å². The summed E-state index contributed by atoms with van der Waals surface area (Å²) >= 11 is 0. The summed E-state index contributed by atoms with van der Waals surface area (Å²) in [6.45, 7) is 14.1. The van der Waals surface area contributed by atoms with Gasteiger partial charge in [-0.1, -0.05) is 260 Å². The van der Waals surface area contributed by atoms with E-state index in [1.54, 1.807) is 0 Å². The fraction of sp³-hybridized carbons (Fsp3) is 0.0899. The summed E-state index contributed by atoms with van der Waals surface area (Å²) in [5, 5.41) is 5.07. The van der Waals surface area contributed by atoms with Crippen LogP contribution in [0.5, 0.6) is 0 Å². The van der Waals surface area contributed by atoms with E-state index in [9.17, 15) is 0 Å². The molecule has 450 valence electrons. The largest absolute Gasteiger partial charge is 0.310 e. The zero-order valence-corrected chi connectivity index (χ0v) is 54.0. The van der Waals surface area contributed by atoms with Crippen molar-refractivity contribution in [3.8, 4) is 112 Å². The molecule has 0 saturated heterocycles. The molecule has 0 saturated carbocycles. The second-order valence-corrected chi connectivity index (χ2v) is 27.9. The maximum atomic E-state index is 5.82. The molecule has 0 spiro atoms. The number of hydrogen-bond acceptors (Lipinski definition) is 3. The van der Waals surface area contributed by atoms with Gasteiger partial charge in [-0.3, -0.25) is 0 Å². The van der Waals surface area contributed by atoms with Gasteiger partial charge in [-0.05, 0) is 178 Å². The fourth-order valence-electron chi connectivity index (χ4n) is 15.5. The highest BCUT2D eigenvalue weighted by atomic mass is 15.1. The van der Waals surface area contributed by atoms with E-state index in [0.29, 0.717) is 17.5 Å². The van der Waals surface area contributed by atoms with Gasteiger partial charge in [0.15, 0.2) is 17.5 Å². The second kappa shape index (κ2) is 21.6. The third-order valence-electron chi connectivity index (χ3n) is 19.9. The van der Waals surface area contributed by atoms with Crippen LogP contribution in [0.25, 0.3) is 156 Å². The molecule has 16 aromatic rings. The predicted octanol–water partition coefficient (Wildman–Crippen LogP) is 20.8. The maximum absolute atomic E-state index is 5.82. The van der Waals surface area contributed by atoms with Crippen LogP contribution in [-0.2, 0) is 10.8 Å². The standard InChI is InChI=1S/C89H66BN5/c1-88(2,3)72-39-41-74-83-80(72)70-51-61(55-25-13-7-14-26-55)37-43-76(70)94(83)78-53-69(54-79-82(78)90(74)75-42-40-73(89(4,5)6)81-71-52-62(56-27-15-8-16-28-56)38-44-77(71)95(79)84(75)81)87-92-85(67-47-63(57-29-17-9-18-30-57)45-64(48-67)58-31-19-10-20-32-58)91-86(93-87)68-49-65(59-33-21-11-22-34-59)46-66(50-68)60-35-23-12-24-36-60/h7-54H,1-6H3. The fourth-order valence-corrected chi connectivity index (χ4v) is 15.5. The van der Waals surface area contributed by atoms with Crippen LogP contribution in [0.15, 0.2) is 291 Å². The van der Waals surface area contributed by atoms with Gasteiger partial charge < -0.3 is 9.13 Å². The third-order valence-corrected chi connectivity index (χ3v) is 19.9. The van der Waals surface area contributed by atoms with Crippen LogP contribution in [0.1, 0.15) is 52.7 Å². The average molecular weight is 1220 g/mol. The van der Waals surface area contributed by atoms with Gasteiger partial charge >= 0.3 is 0 Å². The van der Waals surface area contributed by atoms with Gasteiger partial charge in [0.2, 0.25) is 0 Å². The summed E-state index contributed by atoms with van der Waals surface area (Å²) in [6, 6.07) is 107. The van der Waals surface area contributed by atoms with Crippen LogP contribution >= 0.6 is 0 Å². The first-order valence-electron chi connectivity index (χ1n) is 33.2. The monoisotopic (exact) mass is 1220 g/mol. The van der Waals surface area contributed by atoms with E-state index in [0.717, 1.165) is 83.6 Å². The lowest BCUT2D eigenvalue weighted by Crippen LogP contribution is -2.59. The number of hydrogen-bond donors (Lipinski definition) is 0. The minimum Gasteiger partial charge on any atom is -0.310 e. The number of rotatable bonds is 9. The highest BCUT2D eigenvalue weighted by Gasteiger charge is 2.43. The molecular weight excluding hydrogens is 1150 g/mol. The molecule has 3 aromatic heterocycles. The topological polar surface area (TPSA) is 48.5 Å². The first-order valence-corrected chi connectivity index (χ1v) is 33.2. The van der Waals surface area contributed by atoms with Gasteiger partial charge in [0, 0.05) is 60.6 Å². The Bertz CT molecular complexity index is 5300. The van der Waals surface area contributed by atoms with E-state index in [2.05, 4.69) is 342 Å². The zero-order chi connectivity index (χ0) is 63.8. The van der Waals surface area contributed by atoms with E-state index in [-0.39, 0.29) is 17.5 Å². The molecule has 0 fully saturated rings. The summed E-state index contributed by atoms with van der Waals surface area (Å²) in [5.41, 5.74) is 29.4. The molecule has 0 unspecified atom stereocenters. The molecule has 0 atom stereocenters. The first kappa shape index (κ1) is 56.3. The molecule has 5 nitrogen and oxygen atoms in total. The smallest absolute Gasteiger partial charge is 0.252 e. The van der Waals surface area contributed by atoms with Crippen LogP contribution in [-0.4, -0.2) is 30.8 Å². The Kier molecular flexibility index (Phi) is 12.8. The van der Waals surface area contributed by atoms with Gasteiger partial charge in [0.25, 0.3) is 6.71 Å². The van der Waals surface area contributed by atoms with Crippen molar-refractivity contribution < 1.29 is 0 Å². The van der Waals surface area contributed by atoms with Gasteiger partial charge in [-0.15, -0.1) is 0 Å². The summed E-state index contributed by atoms with van der Waals surface area (Å²) in [6.07, 6.45) is 0. The molecule has 0 radical (unpaired) electrons. The van der Waals surface area contributed by atoms with E-state index >= 15 is 0 Å².